The SMILES string of the molecule is CC(C)(C)CC(=O)N1CCCC1C(=O)NC/C=C/C(=O)O. The van der Waals surface area contributed by atoms with Gasteiger partial charge in [-0.25, -0.2) is 4.79 Å². The van der Waals surface area contributed by atoms with Crippen LogP contribution in [-0.2, 0) is 14.4 Å². The van der Waals surface area contributed by atoms with Gasteiger partial charge in [0.05, 0.1) is 0 Å². The van der Waals surface area contributed by atoms with Crippen molar-refractivity contribution in [3.63, 3.8) is 0 Å². The van der Waals surface area contributed by atoms with Crippen molar-refractivity contribution in [3.8, 4) is 0 Å². The van der Waals surface area contributed by atoms with Crippen molar-refractivity contribution >= 4 is 17.8 Å². The number of nitrogens with zero attached hydrogens (tertiary/aromatic N) is 1. The second-order valence-corrected chi connectivity index (χ2v) is 6.47. The summed E-state index contributed by atoms with van der Waals surface area (Å²) in [4.78, 5) is 36.3. The molecule has 0 aromatic heterocycles. The molecule has 0 aliphatic carbocycles. The van der Waals surface area contributed by atoms with Crippen LogP contribution in [0.5, 0.6) is 0 Å². The maximum absolute atomic E-state index is 12.2. The summed E-state index contributed by atoms with van der Waals surface area (Å²) in [6.07, 6.45) is 4.24. The lowest BCUT2D eigenvalue weighted by atomic mass is 9.91. The summed E-state index contributed by atoms with van der Waals surface area (Å²) in [5.74, 6) is -1.27. The fourth-order valence-corrected chi connectivity index (χ4v) is 2.33. The van der Waals surface area contributed by atoms with Gasteiger partial charge in [0.1, 0.15) is 6.04 Å². The number of aliphatic carboxylic acids is 1. The Labute approximate surface area is 125 Å². The molecule has 0 spiro atoms. The van der Waals surface area contributed by atoms with Gasteiger partial charge >= 0.3 is 5.97 Å². The van der Waals surface area contributed by atoms with Crippen LogP contribution < -0.4 is 5.32 Å². The Hall–Kier alpha value is -1.85. The van der Waals surface area contributed by atoms with E-state index in [1.165, 1.54) is 6.08 Å². The van der Waals surface area contributed by atoms with Gasteiger partial charge < -0.3 is 15.3 Å². The first-order chi connectivity index (χ1) is 9.70. The van der Waals surface area contributed by atoms with E-state index in [0.717, 1.165) is 12.5 Å². The number of hydrogen-bond donors (Lipinski definition) is 2. The van der Waals surface area contributed by atoms with Crippen LogP contribution in [0.3, 0.4) is 0 Å². The van der Waals surface area contributed by atoms with E-state index in [1.54, 1.807) is 4.90 Å². The molecule has 1 aliphatic rings. The van der Waals surface area contributed by atoms with E-state index in [0.29, 0.717) is 19.4 Å². The van der Waals surface area contributed by atoms with Crippen molar-refractivity contribution in [3.05, 3.63) is 12.2 Å². The average Bonchev–Trinajstić information content (AvgIpc) is 2.81. The highest BCUT2D eigenvalue weighted by Gasteiger charge is 2.34. The highest BCUT2D eigenvalue weighted by atomic mass is 16.4. The van der Waals surface area contributed by atoms with Crippen molar-refractivity contribution in [1.82, 2.24) is 10.2 Å². The fourth-order valence-electron chi connectivity index (χ4n) is 2.33. The number of amides is 2. The molecule has 1 rings (SSSR count). The molecule has 0 aromatic rings. The van der Waals surface area contributed by atoms with Crippen molar-refractivity contribution in [2.24, 2.45) is 5.41 Å². The third kappa shape index (κ3) is 5.97. The Kier molecular flexibility index (Phi) is 5.93. The van der Waals surface area contributed by atoms with Crippen LogP contribution in [0.15, 0.2) is 12.2 Å². The van der Waals surface area contributed by atoms with E-state index in [2.05, 4.69) is 5.32 Å². The second-order valence-electron chi connectivity index (χ2n) is 6.47. The molecule has 0 saturated carbocycles. The summed E-state index contributed by atoms with van der Waals surface area (Å²) in [5, 5.41) is 11.1. The Bertz CT molecular complexity index is 437. The summed E-state index contributed by atoms with van der Waals surface area (Å²) < 4.78 is 0. The van der Waals surface area contributed by atoms with Crippen LogP contribution >= 0.6 is 0 Å². The minimum atomic E-state index is -1.05. The second kappa shape index (κ2) is 7.24. The van der Waals surface area contributed by atoms with Crippen LogP contribution in [0.25, 0.3) is 0 Å². The first-order valence-corrected chi connectivity index (χ1v) is 7.17. The molecule has 1 unspecified atom stereocenters. The molecule has 1 atom stereocenters. The van der Waals surface area contributed by atoms with Gasteiger partial charge in [-0.3, -0.25) is 9.59 Å². The molecule has 2 N–H and O–H groups in total. The molecular formula is C15H24N2O4. The molecule has 0 aromatic carbocycles. The number of rotatable bonds is 5. The van der Waals surface area contributed by atoms with Crippen molar-refractivity contribution in [2.75, 3.05) is 13.1 Å². The number of likely N-dealkylation sites (tertiary alicyclic amines) is 1. The number of carbonyl (C=O) groups is 3. The Morgan fingerprint density at radius 3 is 2.57 bits per heavy atom. The summed E-state index contributed by atoms with van der Waals surface area (Å²) in [6.45, 7) is 6.74. The van der Waals surface area contributed by atoms with Gasteiger partial charge in [-0.05, 0) is 18.3 Å². The van der Waals surface area contributed by atoms with Gasteiger partial charge in [0.15, 0.2) is 0 Å². The third-order valence-corrected chi connectivity index (χ3v) is 3.21. The number of carbonyl (C=O) groups excluding carboxylic acids is 2. The molecule has 1 aliphatic heterocycles. The minimum Gasteiger partial charge on any atom is -0.478 e. The zero-order valence-electron chi connectivity index (χ0n) is 12.9. The number of nitrogens with one attached hydrogen (secondary N) is 1. The molecule has 1 heterocycles. The summed E-state index contributed by atoms with van der Waals surface area (Å²) in [6, 6.07) is -0.432. The molecule has 1 fully saturated rings. The van der Waals surface area contributed by atoms with Crippen molar-refractivity contribution < 1.29 is 19.5 Å². The molecule has 0 bridgehead atoms. The van der Waals surface area contributed by atoms with E-state index < -0.39 is 12.0 Å². The maximum atomic E-state index is 12.2. The molecule has 6 nitrogen and oxygen atoms in total. The van der Waals surface area contributed by atoms with E-state index in [1.807, 2.05) is 20.8 Å². The van der Waals surface area contributed by atoms with Gasteiger partial charge in [0.25, 0.3) is 0 Å². The van der Waals surface area contributed by atoms with Crippen molar-refractivity contribution in [2.45, 2.75) is 46.1 Å². The molecule has 2 amide bonds. The van der Waals surface area contributed by atoms with Crippen LogP contribution in [0.1, 0.15) is 40.0 Å². The first-order valence-electron chi connectivity index (χ1n) is 7.17. The number of hydrogen-bond acceptors (Lipinski definition) is 3. The topological polar surface area (TPSA) is 86.7 Å². The Morgan fingerprint density at radius 2 is 2.00 bits per heavy atom. The lowest BCUT2D eigenvalue weighted by Crippen LogP contribution is -2.46. The molecule has 21 heavy (non-hydrogen) atoms. The van der Waals surface area contributed by atoms with E-state index in [9.17, 15) is 14.4 Å². The lowest BCUT2D eigenvalue weighted by molar-refractivity contribution is -0.139. The predicted octanol–water partition coefficient (Wildman–Crippen LogP) is 1.17. The van der Waals surface area contributed by atoms with Crippen LogP contribution in [0, 0.1) is 5.41 Å². The van der Waals surface area contributed by atoms with Gasteiger partial charge in [-0.1, -0.05) is 26.8 Å². The fraction of sp³-hybridized carbons (Fsp3) is 0.667. The largest absolute Gasteiger partial charge is 0.478 e. The quantitative estimate of drug-likeness (QED) is 0.746. The van der Waals surface area contributed by atoms with Gasteiger partial charge in [0.2, 0.25) is 11.8 Å². The first kappa shape index (κ1) is 17.2. The van der Waals surface area contributed by atoms with Crippen LogP contribution in [-0.4, -0.2) is 46.9 Å². The smallest absolute Gasteiger partial charge is 0.328 e. The van der Waals surface area contributed by atoms with E-state index in [-0.39, 0.29) is 23.8 Å². The van der Waals surface area contributed by atoms with E-state index in [4.69, 9.17) is 5.11 Å². The van der Waals surface area contributed by atoms with Crippen LogP contribution in [0.4, 0.5) is 0 Å². The lowest BCUT2D eigenvalue weighted by Gasteiger charge is -2.27. The normalized spacial score (nSPS) is 19.0. The highest BCUT2D eigenvalue weighted by molar-refractivity contribution is 5.88. The minimum absolute atomic E-state index is 0.00114. The standard InChI is InChI=1S/C15H24N2O4/c1-15(2,3)10-12(18)17-9-5-6-11(17)14(21)16-8-4-7-13(19)20/h4,7,11H,5-6,8-10H2,1-3H3,(H,16,21)(H,19,20)/b7-4+. The maximum Gasteiger partial charge on any atom is 0.328 e. The molecular weight excluding hydrogens is 272 g/mol. The van der Waals surface area contributed by atoms with Crippen molar-refractivity contribution in [1.29, 1.82) is 0 Å². The van der Waals surface area contributed by atoms with Gasteiger partial charge in [-0.15, -0.1) is 0 Å². The third-order valence-electron chi connectivity index (χ3n) is 3.21. The zero-order valence-corrected chi connectivity index (χ0v) is 12.9. The highest BCUT2D eigenvalue weighted by Crippen LogP contribution is 2.24. The number of carboxylic acids is 1. The number of carboxylic acid groups (broad SMARTS) is 1. The predicted molar refractivity (Wildman–Crippen MR) is 78.6 cm³/mol. The molecule has 1 saturated heterocycles. The zero-order chi connectivity index (χ0) is 16.0. The molecule has 118 valence electrons. The molecule has 0 radical (unpaired) electrons. The van der Waals surface area contributed by atoms with E-state index >= 15 is 0 Å². The van der Waals surface area contributed by atoms with Crippen LogP contribution in [0.2, 0.25) is 0 Å². The van der Waals surface area contributed by atoms with Gasteiger partial charge in [0, 0.05) is 25.6 Å². The Morgan fingerprint density at radius 1 is 1.33 bits per heavy atom. The monoisotopic (exact) mass is 296 g/mol. The summed E-state index contributed by atoms with van der Waals surface area (Å²) in [7, 11) is 0. The molecule has 6 heteroatoms. The summed E-state index contributed by atoms with van der Waals surface area (Å²) in [5.41, 5.74) is -0.106. The van der Waals surface area contributed by atoms with Gasteiger partial charge in [-0.2, -0.15) is 0 Å². The Balaban J connectivity index is 2.54. The summed E-state index contributed by atoms with van der Waals surface area (Å²) >= 11 is 0. The average molecular weight is 296 g/mol.